The van der Waals surface area contributed by atoms with Crippen molar-refractivity contribution >= 4 is 5.97 Å². The van der Waals surface area contributed by atoms with Crippen molar-refractivity contribution in [2.45, 2.75) is 12.6 Å². The maximum Gasteiger partial charge on any atom is 0.335 e. The van der Waals surface area contributed by atoms with Gasteiger partial charge in [0.15, 0.2) is 0 Å². The van der Waals surface area contributed by atoms with Gasteiger partial charge in [0, 0.05) is 6.54 Å². The molecule has 120 valence electrons. The van der Waals surface area contributed by atoms with E-state index in [1.54, 1.807) is 7.11 Å². The number of hydrogen-bond donors (Lipinski definition) is 1. The summed E-state index contributed by atoms with van der Waals surface area (Å²) in [6, 6.07) is 17.2. The first-order valence-corrected chi connectivity index (χ1v) is 7.34. The molecule has 0 radical (unpaired) electrons. The van der Waals surface area contributed by atoms with Crippen LogP contribution in [-0.4, -0.2) is 20.2 Å². The Labute approximate surface area is 136 Å². The molecule has 2 rings (SSSR count). The van der Waals surface area contributed by atoms with Crippen molar-refractivity contribution in [2.75, 3.05) is 14.2 Å². The van der Waals surface area contributed by atoms with E-state index in [1.807, 2.05) is 54.6 Å². The third-order valence-electron chi connectivity index (χ3n) is 3.60. The Balaban J connectivity index is 2.20. The number of hydrogen-bond acceptors (Lipinski definition) is 4. The Morgan fingerprint density at radius 1 is 1.09 bits per heavy atom. The predicted octanol–water partition coefficient (Wildman–Crippen LogP) is 3.26. The first kappa shape index (κ1) is 16.8. The Bertz CT molecular complexity index is 650. The molecule has 0 aliphatic carbocycles. The quantitative estimate of drug-likeness (QED) is 0.630. The van der Waals surface area contributed by atoms with Gasteiger partial charge < -0.3 is 14.8 Å². The lowest BCUT2D eigenvalue weighted by Crippen LogP contribution is -2.26. The molecule has 0 saturated heterocycles. The van der Waals surface area contributed by atoms with E-state index in [2.05, 4.69) is 11.9 Å². The molecule has 1 unspecified atom stereocenters. The summed E-state index contributed by atoms with van der Waals surface area (Å²) in [7, 11) is 2.98. The predicted molar refractivity (Wildman–Crippen MR) is 90.2 cm³/mol. The third kappa shape index (κ3) is 4.44. The maximum absolute atomic E-state index is 11.9. The minimum absolute atomic E-state index is 0.325. The molecule has 0 aliphatic heterocycles. The molecule has 0 aromatic heterocycles. The maximum atomic E-state index is 11.9. The zero-order chi connectivity index (χ0) is 16.7. The third-order valence-corrected chi connectivity index (χ3v) is 3.60. The van der Waals surface area contributed by atoms with Crippen molar-refractivity contribution in [2.24, 2.45) is 0 Å². The van der Waals surface area contributed by atoms with Gasteiger partial charge in [0.05, 0.1) is 25.8 Å². The highest BCUT2D eigenvalue weighted by atomic mass is 16.5. The highest BCUT2D eigenvalue weighted by molar-refractivity contribution is 5.89. The minimum Gasteiger partial charge on any atom is -0.497 e. The molecule has 4 nitrogen and oxygen atoms in total. The minimum atomic E-state index is -0.425. The molecule has 23 heavy (non-hydrogen) atoms. The van der Waals surface area contributed by atoms with Crippen molar-refractivity contribution in [3.05, 3.63) is 77.9 Å². The summed E-state index contributed by atoms with van der Waals surface area (Å²) in [6.07, 6.45) is 0. The topological polar surface area (TPSA) is 47.6 Å². The van der Waals surface area contributed by atoms with Gasteiger partial charge in [-0.1, -0.05) is 49.0 Å². The molecule has 2 aromatic carbocycles. The lowest BCUT2D eigenvalue weighted by molar-refractivity contribution is -0.136. The van der Waals surface area contributed by atoms with Crippen LogP contribution in [-0.2, 0) is 16.1 Å². The summed E-state index contributed by atoms with van der Waals surface area (Å²) < 4.78 is 9.98. The Hall–Kier alpha value is -2.59. The molecule has 0 amide bonds. The molecule has 0 bridgehead atoms. The number of carbonyl (C=O) groups excluding carboxylic acids is 1. The van der Waals surface area contributed by atoms with Gasteiger partial charge in [0.2, 0.25) is 0 Å². The Morgan fingerprint density at radius 3 is 2.30 bits per heavy atom. The first-order chi connectivity index (χ1) is 11.2. The number of carbonyl (C=O) groups is 1. The fourth-order valence-corrected chi connectivity index (χ4v) is 2.30. The van der Waals surface area contributed by atoms with Crippen molar-refractivity contribution in [1.29, 1.82) is 0 Å². The SMILES string of the molecule is C=C(C(=O)OC)C(NCc1ccccc1)c1ccc(OC)cc1. The molecular weight excluding hydrogens is 290 g/mol. The zero-order valence-electron chi connectivity index (χ0n) is 13.4. The smallest absolute Gasteiger partial charge is 0.335 e. The molecule has 4 heteroatoms. The molecule has 0 saturated carbocycles. The van der Waals surface area contributed by atoms with E-state index in [4.69, 9.17) is 9.47 Å². The van der Waals surface area contributed by atoms with Gasteiger partial charge in [-0.05, 0) is 23.3 Å². The summed E-state index contributed by atoms with van der Waals surface area (Å²) in [6.45, 7) is 4.51. The summed E-state index contributed by atoms with van der Waals surface area (Å²) in [5, 5.41) is 3.36. The second-order valence-corrected chi connectivity index (χ2v) is 5.09. The van der Waals surface area contributed by atoms with Crippen LogP contribution in [0.25, 0.3) is 0 Å². The van der Waals surface area contributed by atoms with Crippen LogP contribution in [0.3, 0.4) is 0 Å². The van der Waals surface area contributed by atoms with Crippen molar-refractivity contribution in [3.8, 4) is 5.75 Å². The van der Waals surface area contributed by atoms with Crippen molar-refractivity contribution in [3.63, 3.8) is 0 Å². The van der Waals surface area contributed by atoms with Crippen LogP contribution in [0.5, 0.6) is 5.75 Å². The van der Waals surface area contributed by atoms with Crippen LogP contribution in [0.2, 0.25) is 0 Å². The molecule has 1 atom stereocenters. The largest absolute Gasteiger partial charge is 0.497 e. The summed E-state index contributed by atoms with van der Waals surface area (Å²) in [4.78, 5) is 11.9. The van der Waals surface area contributed by atoms with Crippen LogP contribution in [0.1, 0.15) is 17.2 Å². The monoisotopic (exact) mass is 311 g/mol. The summed E-state index contributed by atoms with van der Waals surface area (Å²) in [5.74, 6) is 0.339. The van der Waals surface area contributed by atoms with Gasteiger partial charge >= 0.3 is 5.97 Å². The van der Waals surface area contributed by atoms with Gasteiger partial charge in [-0.25, -0.2) is 4.79 Å². The molecule has 0 spiro atoms. The van der Waals surface area contributed by atoms with Gasteiger partial charge in [-0.15, -0.1) is 0 Å². The zero-order valence-corrected chi connectivity index (χ0v) is 13.4. The molecule has 2 aromatic rings. The fourth-order valence-electron chi connectivity index (χ4n) is 2.30. The highest BCUT2D eigenvalue weighted by Gasteiger charge is 2.21. The van der Waals surface area contributed by atoms with Gasteiger partial charge in [-0.2, -0.15) is 0 Å². The number of rotatable bonds is 7. The van der Waals surface area contributed by atoms with E-state index in [9.17, 15) is 4.79 Å². The Morgan fingerprint density at radius 2 is 1.74 bits per heavy atom. The van der Waals surface area contributed by atoms with Crippen LogP contribution < -0.4 is 10.1 Å². The van der Waals surface area contributed by atoms with Gasteiger partial charge in [0.1, 0.15) is 5.75 Å². The van der Waals surface area contributed by atoms with Crippen LogP contribution in [0.4, 0.5) is 0 Å². The van der Waals surface area contributed by atoms with E-state index in [-0.39, 0.29) is 6.04 Å². The number of esters is 1. The average molecular weight is 311 g/mol. The number of methoxy groups -OCH3 is 2. The second-order valence-electron chi connectivity index (χ2n) is 5.09. The average Bonchev–Trinajstić information content (AvgIpc) is 2.62. The van der Waals surface area contributed by atoms with Gasteiger partial charge in [0.25, 0.3) is 0 Å². The number of nitrogens with one attached hydrogen (secondary N) is 1. The van der Waals surface area contributed by atoms with E-state index < -0.39 is 5.97 Å². The second kappa shape index (κ2) is 8.15. The highest BCUT2D eigenvalue weighted by Crippen LogP contribution is 2.24. The van der Waals surface area contributed by atoms with E-state index >= 15 is 0 Å². The first-order valence-electron chi connectivity index (χ1n) is 7.34. The van der Waals surface area contributed by atoms with Crippen LogP contribution >= 0.6 is 0 Å². The van der Waals surface area contributed by atoms with E-state index in [1.165, 1.54) is 7.11 Å². The van der Waals surface area contributed by atoms with Crippen LogP contribution in [0, 0.1) is 0 Å². The lowest BCUT2D eigenvalue weighted by Gasteiger charge is -2.20. The number of ether oxygens (including phenoxy) is 2. The number of benzene rings is 2. The van der Waals surface area contributed by atoms with E-state index in [0.29, 0.717) is 12.1 Å². The standard InChI is InChI=1S/C19H21NO3/c1-14(19(21)23-3)18(16-9-11-17(22-2)12-10-16)20-13-15-7-5-4-6-8-15/h4-12,18,20H,1,13H2,2-3H3. The molecular formula is C19H21NO3. The van der Waals surface area contributed by atoms with E-state index in [0.717, 1.165) is 16.9 Å². The summed E-state index contributed by atoms with van der Waals surface area (Å²) in [5.41, 5.74) is 2.43. The van der Waals surface area contributed by atoms with Gasteiger partial charge in [-0.3, -0.25) is 0 Å². The molecule has 0 aliphatic rings. The molecule has 0 fully saturated rings. The summed E-state index contributed by atoms with van der Waals surface area (Å²) >= 11 is 0. The van der Waals surface area contributed by atoms with Crippen LogP contribution in [0.15, 0.2) is 66.7 Å². The fraction of sp³-hybridized carbons (Fsp3) is 0.211. The lowest BCUT2D eigenvalue weighted by atomic mass is 9.99. The van der Waals surface area contributed by atoms with Crippen molar-refractivity contribution in [1.82, 2.24) is 5.32 Å². The molecule has 0 heterocycles. The Kier molecular flexibility index (Phi) is 5.94. The van der Waals surface area contributed by atoms with Crippen molar-refractivity contribution < 1.29 is 14.3 Å². The molecule has 1 N–H and O–H groups in total. The normalized spacial score (nSPS) is 11.6.